The van der Waals surface area contributed by atoms with E-state index in [-0.39, 0.29) is 16.6 Å². The van der Waals surface area contributed by atoms with E-state index < -0.39 is 10.1 Å². The first-order valence-corrected chi connectivity index (χ1v) is 6.07. The third kappa shape index (κ3) is 3.27. The van der Waals surface area contributed by atoms with Gasteiger partial charge in [0.2, 0.25) is 0 Å². The molecule has 1 heterocycles. The molecule has 0 radical (unpaired) electrons. The van der Waals surface area contributed by atoms with Crippen LogP contribution in [-0.4, -0.2) is 20.8 Å². The van der Waals surface area contributed by atoms with Crippen LogP contribution in [0.15, 0.2) is 0 Å². The van der Waals surface area contributed by atoms with Crippen LogP contribution in [0.5, 0.6) is 0 Å². The molecule has 0 N–H and O–H groups in total. The zero-order valence-electron chi connectivity index (χ0n) is 8.75. The van der Waals surface area contributed by atoms with Crippen LogP contribution in [0, 0.1) is 10.8 Å². The van der Waals surface area contributed by atoms with Crippen molar-refractivity contribution in [3.8, 4) is 0 Å². The predicted octanol–water partition coefficient (Wildman–Crippen LogP) is 1.79. The quantitative estimate of drug-likeness (QED) is 0.567. The van der Waals surface area contributed by atoms with Gasteiger partial charge in [-0.3, -0.25) is 4.18 Å². The molecule has 0 amide bonds. The summed E-state index contributed by atoms with van der Waals surface area (Å²) < 4.78 is 27.6. The third-order valence-corrected chi connectivity index (χ3v) is 3.77. The molecule has 1 saturated heterocycles. The monoisotopic (exact) mass is 206 g/mol. The second-order valence-corrected chi connectivity index (χ2v) is 7.11. The number of hydrogen-bond acceptors (Lipinski definition) is 3. The van der Waals surface area contributed by atoms with Gasteiger partial charge in [-0.05, 0) is 17.3 Å². The Morgan fingerprint density at radius 2 is 1.62 bits per heavy atom. The van der Waals surface area contributed by atoms with E-state index in [1.807, 2.05) is 27.7 Å². The standard InChI is InChI=1S/C9H18O3S/c1-8(2)5-9(3,4)7-13(10,11)12-6-8/h5-7H2,1-4H3. The van der Waals surface area contributed by atoms with E-state index in [0.29, 0.717) is 6.61 Å². The SMILES string of the molecule is CC1(C)COS(=O)(=O)CC(C)(C)C1. The molecule has 0 saturated carbocycles. The molecule has 13 heavy (non-hydrogen) atoms. The molecule has 1 fully saturated rings. The highest BCUT2D eigenvalue weighted by molar-refractivity contribution is 7.86. The van der Waals surface area contributed by atoms with Gasteiger partial charge >= 0.3 is 0 Å². The first-order valence-electron chi connectivity index (χ1n) is 4.49. The van der Waals surface area contributed by atoms with Crippen molar-refractivity contribution in [2.45, 2.75) is 34.1 Å². The maximum Gasteiger partial charge on any atom is 0.267 e. The second kappa shape index (κ2) is 2.95. The number of hydrogen-bond donors (Lipinski definition) is 0. The van der Waals surface area contributed by atoms with Crippen molar-refractivity contribution in [1.29, 1.82) is 0 Å². The van der Waals surface area contributed by atoms with Gasteiger partial charge in [-0.2, -0.15) is 8.42 Å². The fraction of sp³-hybridized carbons (Fsp3) is 1.00. The van der Waals surface area contributed by atoms with Gasteiger partial charge in [0.25, 0.3) is 10.1 Å². The molecule has 1 aliphatic heterocycles. The summed E-state index contributed by atoms with van der Waals surface area (Å²) in [5.74, 6) is 0.128. The van der Waals surface area contributed by atoms with Crippen LogP contribution in [0.3, 0.4) is 0 Å². The zero-order valence-corrected chi connectivity index (χ0v) is 9.57. The lowest BCUT2D eigenvalue weighted by Gasteiger charge is -2.29. The summed E-state index contributed by atoms with van der Waals surface area (Å²) in [6.45, 7) is 8.33. The largest absolute Gasteiger partial charge is 0.270 e. The van der Waals surface area contributed by atoms with Gasteiger partial charge in [-0.25, -0.2) is 0 Å². The van der Waals surface area contributed by atoms with Crippen molar-refractivity contribution >= 4 is 10.1 Å². The molecule has 3 nitrogen and oxygen atoms in total. The van der Waals surface area contributed by atoms with Gasteiger partial charge in [-0.15, -0.1) is 0 Å². The summed E-state index contributed by atoms with van der Waals surface area (Å²) >= 11 is 0. The Hall–Kier alpha value is -0.0900. The summed E-state index contributed by atoms with van der Waals surface area (Å²) in [6, 6.07) is 0. The highest BCUT2D eigenvalue weighted by Gasteiger charge is 2.38. The molecule has 0 unspecified atom stereocenters. The maximum atomic E-state index is 11.4. The smallest absolute Gasteiger partial charge is 0.267 e. The average Bonchev–Trinajstić information content (AvgIpc) is 1.83. The van der Waals surface area contributed by atoms with Gasteiger partial charge in [0, 0.05) is 0 Å². The molecule has 78 valence electrons. The fourth-order valence-corrected chi connectivity index (χ4v) is 3.81. The molecule has 0 atom stereocenters. The van der Waals surface area contributed by atoms with Crippen LogP contribution >= 0.6 is 0 Å². The van der Waals surface area contributed by atoms with E-state index in [4.69, 9.17) is 4.18 Å². The molecule has 0 aromatic carbocycles. The van der Waals surface area contributed by atoms with Crippen molar-refractivity contribution in [2.75, 3.05) is 12.4 Å². The minimum absolute atomic E-state index is 0.0485. The first kappa shape index (κ1) is 11.0. The molecule has 0 aromatic rings. The van der Waals surface area contributed by atoms with E-state index in [0.717, 1.165) is 6.42 Å². The lowest BCUT2D eigenvalue weighted by molar-refractivity contribution is 0.153. The predicted molar refractivity (Wildman–Crippen MR) is 51.9 cm³/mol. The molecular formula is C9H18O3S. The average molecular weight is 206 g/mol. The van der Waals surface area contributed by atoms with E-state index in [1.165, 1.54) is 0 Å². The van der Waals surface area contributed by atoms with Gasteiger partial charge in [-0.1, -0.05) is 27.7 Å². The van der Waals surface area contributed by atoms with Gasteiger partial charge in [0.1, 0.15) is 0 Å². The summed E-state index contributed by atoms with van der Waals surface area (Å²) in [6.07, 6.45) is 0.874. The lowest BCUT2D eigenvalue weighted by atomic mass is 9.77. The normalized spacial score (nSPS) is 30.8. The van der Waals surface area contributed by atoms with E-state index in [9.17, 15) is 8.42 Å². The maximum absolute atomic E-state index is 11.4. The second-order valence-electron chi connectivity index (χ2n) is 5.47. The van der Waals surface area contributed by atoms with Gasteiger partial charge < -0.3 is 0 Å². The summed E-state index contributed by atoms with van der Waals surface area (Å²) in [5, 5.41) is 0. The topological polar surface area (TPSA) is 43.4 Å². The van der Waals surface area contributed by atoms with Crippen molar-refractivity contribution in [3.05, 3.63) is 0 Å². The summed E-state index contributed by atoms with van der Waals surface area (Å²) in [5.41, 5.74) is -0.230. The van der Waals surface area contributed by atoms with E-state index >= 15 is 0 Å². The molecule has 0 spiro atoms. The molecule has 4 heteroatoms. The molecule has 0 aromatic heterocycles. The van der Waals surface area contributed by atoms with E-state index in [2.05, 4.69) is 0 Å². The van der Waals surface area contributed by atoms with Crippen LogP contribution in [0.4, 0.5) is 0 Å². The van der Waals surface area contributed by atoms with Crippen molar-refractivity contribution in [1.82, 2.24) is 0 Å². The van der Waals surface area contributed by atoms with Gasteiger partial charge in [0.15, 0.2) is 0 Å². The van der Waals surface area contributed by atoms with Crippen molar-refractivity contribution in [3.63, 3.8) is 0 Å². The Kier molecular flexibility index (Phi) is 2.50. The summed E-state index contributed by atoms with van der Waals surface area (Å²) in [7, 11) is -3.30. The Morgan fingerprint density at radius 3 is 2.15 bits per heavy atom. The van der Waals surface area contributed by atoms with Crippen LogP contribution in [0.2, 0.25) is 0 Å². The Balaban J connectivity index is 2.95. The molecule has 0 aliphatic carbocycles. The first-order chi connectivity index (χ1) is 5.62. The van der Waals surface area contributed by atoms with Crippen LogP contribution in [0.25, 0.3) is 0 Å². The van der Waals surface area contributed by atoms with Gasteiger partial charge in [0.05, 0.1) is 12.4 Å². The van der Waals surface area contributed by atoms with Crippen molar-refractivity contribution in [2.24, 2.45) is 10.8 Å². The summed E-state index contributed by atoms with van der Waals surface area (Å²) in [4.78, 5) is 0. The Labute approximate surface area is 80.6 Å². The van der Waals surface area contributed by atoms with Crippen LogP contribution < -0.4 is 0 Å². The Morgan fingerprint density at radius 1 is 1.08 bits per heavy atom. The van der Waals surface area contributed by atoms with Crippen molar-refractivity contribution < 1.29 is 12.6 Å². The van der Waals surface area contributed by atoms with Crippen LogP contribution in [0.1, 0.15) is 34.1 Å². The third-order valence-electron chi connectivity index (χ3n) is 2.15. The minimum Gasteiger partial charge on any atom is -0.270 e. The molecular weight excluding hydrogens is 188 g/mol. The minimum atomic E-state index is -3.30. The highest BCUT2D eigenvalue weighted by Crippen LogP contribution is 2.38. The molecule has 0 bridgehead atoms. The van der Waals surface area contributed by atoms with E-state index in [1.54, 1.807) is 0 Å². The van der Waals surface area contributed by atoms with Crippen LogP contribution in [-0.2, 0) is 14.3 Å². The zero-order chi connectivity index (χ0) is 10.3. The Bertz CT molecular complexity index is 288. The fourth-order valence-electron chi connectivity index (χ4n) is 2.17. The molecule has 1 rings (SSSR count). The number of rotatable bonds is 0. The lowest BCUT2D eigenvalue weighted by Crippen LogP contribution is -2.26. The molecule has 1 aliphatic rings. The highest BCUT2D eigenvalue weighted by atomic mass is 32.2.